The van der Waals surface area contributed by atoms with E-state index in [9.17, 15) is 4.57 Å². The van der Waals surface area contributed by atoms with Gasteiger partial charge in [-0.3, -0.25) is 10.3 Å². The zero-order valence-corrected chi connectivity index (χ0v) is 5.97. The first-order valence-corrected chi connectivity index (χ1v) is 4.55. The summed E-state index contributed by atoms with van der Waals surface area (Å²) in [6.07, 6.45) is 0.949. The molecule has 0 aliphatic carbocycles. The van der Waals surface area contributed by atoms with E-state index < -0.39 is 7.60 Å². The van der Waals surface area contributed by atoms with Crippen molar-refractivity contribution >= 4 is 7.60 Å². The third-order valence-electron chi connectivity index (χ3n) is 0.876. The Bertz CT molecular complexity index is 110. The Kier molecular flexibility index (Phi) is 4.06. The number of nitrogens with one attached hydrogen (secondary N) is 1. The van der Waals surface area contributed by atoms with E-state index in [0.717, 1.165) is 0 Å². The Morgan fingerprint density at radius 2 is 1.89 bits per heavy atom. The highest BCUT2D eigenvalue weighted by Crippen LogP contribution is 2.35. The van der Waals surface area contributed by atoms with Crippen molar-refractivity contribution in [1.29, 1.82) is 0 Å². The fraction of sp³-hybridized carbons (Fsp3) is 1.00. The molecule has 0 fully saturated rings. The van der Waals surface area contributed by atoms with Gasteiger partial charge in [0.1, 0.15) is 0 Å². The average Bonchev–Trinajstić information content (AvgIpc) is 1.63. The molecule has 0 aromatic carbocycles. The second kappa shape index (κ2) is 4.01. The van der Waals surface area contributed by atoms with Crippen molar-refractivity contribution in [3.05, 3.63) is 0 Å². The maximum atomic E-state index is 10.1. The molecule has 0 saturated heterocycles. The van der Waals surface area contributed by atoms with E-state index in [0.29, 0.717) is 12.8 Å². The van der Waals surface area contributed by atoms with E-state index in [1.165, 1.54) is 0 Å². The largest absolute Gasteiger partial charge is 0.325 e. The molecule has 9 heavy (non-hydrogen) atoms. The van der Waals surface area contributed by atoms with Crippen molar-refractivity contribution < 1.29 is 14.4 Å². The molecule has 5 heteroatoms. The molecule has 3 N–H and O–H groups in total. The standard InChI is InChI=1S/C4H11NO3P/c5-3-1-2-4-9(6,7)8/h5H,1-4H2,(H2,6,7,8). The van der Waals surface area contributed by atoms with E-state index in [1.807, 2.05) is 0 Å². The summed E-state index contributed by atoms with van der Waals surface area (Å²) in [7, 11) is -3.78. The number of unbranched alkanes of at least 4 members (excludes halogenated alkanes) is 1. The van der Waals surface area contributed by atoms with Gasteiger partial charge in [0, 0.05) is 12.7 Å². The van der Waals surface area contributed by atoms with Crippen molar-refractivity contribution in [3.63, 3.8) is 0 Å². The molecule has 0 aliphatic rings. The van der Waals surface area contributed by atoms with Crippen LogP contribution in [0.1, 0.15) is 12.8 Å². The fourth-order valence-electron chi connectivity index (χ4n) is 0.443. The Morgan fingerprint density at radius 1 is 1.33 bits per heavy atom. The Balaban J connectivity index is 3.18. The number of hydrogen-bond acceptors (Lipinski definition) is 1. The second-order valence-corrected chi connectivity index (χ2v) is 3.62. The van der Waals surface area contributed by atoms with Crippen LogP contribution in [0, 0.1) is 0 Å². The van der Waals surface area contributed by atoms with Crippen LogP contribution >= 0.6 is 7.60 Å². The minimum absolute atomic E-state index is 0.0775. The third-order valence-corrected chi connectivity index (χ3v) is 1.77. The van der Waals surface area contributed by atoms with Gasteiger partial charge in [0.2, 0.25) is 0 Å². The van der Waals surface area contributed by atoms with Crippen LogP contribution in [0.25, 0.3) is 0 Å². The molecule has 55 valence electrons. The molecule has 0 aliphatic heterocycles. The Hall–Kier alpha value is 0.110. The minimum Gasteiger partial charge on any atom is -0.324 e. The lowest BCUT2D eigenvalue weighted by Crippen LogP contribution is -1.91. The molecular weight excluding hydrogens is 141 g/mol. The lowest BCUT2D eigenvalue weighted by Gasteiger charge is -2.00. The van der Waals surface area contributed by atoms with Crippen LogP contribution in [0.15, 0.2) is 0 Å². The van der Waals surface area contributed by atoms with Gasteiger partial charge in [-0.25, -0.2) is 0 Å². The summed E-state index contributed by atoms with van der Waals surface area (Å²) in [4.78, 5) is 16.6. The van der Waals surface area contributed by atoms with Gasteiger partial charge in [-0.15, -0.1) is 0 Å². The predicted molar refractivity (Wildman–Crippen MR) is 34.1 cm³/mol. The van der Waals surface area contributed by atoms with Crippen molar-refractivity contribution in [2.24, 2.45) is 0 Å². The monoisotopic (exact) mass is 152 g/mol. The SMILES string of the molecule is [NH]CCCCP(=O)(O)O. The molecule has 0 bridgehead atoms. The van der Waals surface area contributed by atoms with Gasteiger partial charge in [0.25, 0.3) is 0 Å². The molecule has 0 spiro atoms. The molecule has 1 radical (unpaired) electrons. The molecule has 4 nitrogen and oxygen atoms in total. The van der Waals surface area contributed by atoms with Crippen LogP contribution in [0.2, 0.25) is 0 Å². The number of rotatable bonds is 4. The van der Waals surface area contributed by atoms with Gasteiger partial charge in [-0.1, -0.05) is 0 Å². The molecule has 0 rings (SSSR count). The van der Waals surface area contributed by atoms with Crippen LogP contribution in [0.5, 0.6) is 0 Å². The molecular formula is C4H11NO3P. The van der Waals surface area contributed by atoms with Crippen molar-refractivity contribution in [3.8, 4) is 0 Å². The van der Waals surface area contributed by atoms with Gasteiger partial charge in [0.15, 0.2) is 0 Å². The molecule has 0 unspecified atom stereocenters. The van der Waals surface area contributed by atoms with E-state index in [-0.39, 0.29) is 12.7 Å². The van der Waals surface area contributed by atoms with Crippen LogP contribution in [-0.4, -0.2) is 22.5 Å². The first-order valence-electron chi connectivity index (χ1n) is 2.75. The fourth-order valence-corrected chi connectivity index (χ4v) is 1.08. The lowest BCUT2D eigenvalue weighted by molar-refractivity contribution is 0.371. The van der Waals surface area contributed by atoms with Crippen LogP contribution in [0.3, 0.4) is 0 Å². The molecule has 0 saturated carbocycles. The van der Waals surface area contributed by atoms with E-state index in [4.69, 9.17) is 15.5 Å². The van der Waals surface area contributed by atoms with E-state index in [2.05, 4.69) is 0 Å². The Morgan fingerprint density at radius 3 is 2.22 bits per heavy atom. The zero-order chi connectivity index (χ0) is 7.33. The lowest BCUT2D eigenvalue weighted by atomic mass is 10.3. The molecule has 0 heterocycles. The van der Waals surface area contributed by atoms with Gasteiger partial charge < -0.3 is 9.79 Å². The van der Waals surface area contributed by atoms with Gasteiger partial charge in [-0.05, 0) is 12.8 Å². The first-order chi connectivity index (χ1) is 4.06. The first kappa shape index (κ1) is 9.11. The summed E-state index contributed by atoms with van der Waals surface area (Å²) in [5.74, 6) is 0. The zero-order valence-electron chi connectivity index (χ0n) is 5.08. The van der Waals surface area contributed by atoms with Gasteiger partial charge in [0.05, 0.1) is 0 Å². The highest BCUT2D eigenvalue weighted by Gasteiger charge is 2.10. The van der Waals surface area contributed by atoms with Crippen molar-refractivity contribution in [1.82, 2.24) is 5.73 Å². The van der Waals surface area contributed by atoms with E-state index in [1.54, 1.807) is 0 Å². The average molecular weight is 152 g/mol. The van der Waals surface area contributed by atoms with Crippen molar-refractivity contribution in [2.75, 3.05) is 12.7 Å². The summed E-state index contributed by atoms with van der Waals surface area (Å²) < 4.78 is 10.1. The Labute approximate surface area is 54.2 Å². The highest BCUT2D eigenvalue weighted by molar-refractivity contribution is 7.51. The maximum Gasteiger partial charge on any atom is 0.325 e. The topological polar surface area (TPSA) is 81.3 Å². The summed E-state index contributed by atoms with van der Waals surface area (Å²) in [5, 5.41) is 0. The molecule has 0 aromatic rings. The highest BCUT2D eigenvalue weighted by atomic mass is 31.2. The van der Waals surface area contributed by atoms with Gasteiger partial charge in [-0.2, -0.15) is 0 Å². The maximum absolute atomic E-state index is 10.1. The van der Waals surface area contributed by atoms with Crippen LogP contribution < -0.4 is 5.73 Å². The smallest absolute Gasteiger partial charge is 0.324 e. The number of hydrogen-bond donors (Lipinski definition) is 2. The third kappa shape index (κ3) is 8.11. The predicted octanol–water partition coefficient (Wildman–Crippen LogP) is 0.227. The summed E-state index contributed by atoms with van der Waals surface area (Å²) >= 11 is 0. The normalized spacial score (nSPS) is 11.9. The van der Waals surface area contributed by atoms with Crippen LogP contribution in [0.4, 0.5) is 0 Å². The molecule has 0 amide bonds. The van der Waals surface area contributed by atoms with E-state index >= 15 is 0 Å². The van der Waals surface area contributed by atoms with Gasteiger partial charge >= 0.3 is 7.60 Å². The molecule has 0 atom stereocenters. The summed E-state index contributed by atoms with van der Waals surface area (Å²) in [6, 6.07) is 0. The van der Waals surface area contributed by atoms with Crippen LogP contribution in [-0.2, 0) is 4.57 Å². The minimum atomic E-state index is -3.78. The quantitative estimate of drug-likeness (QED) is 0.446. The molecule has 0 aromatic heterocycles. The summed E-state index contributed by atoms with van der Waals surface area (Å²) in [6.45, 7) is 0.250. The second-order valence-electron chi connectivity index (χ2n) is 1.85. The van der Waals surface area contributed by atoms with Crippen molar-refractivity contribution in [2.45, 2.75) is 12.8 Å². The summed E-state index contributed by atoms with van der Waals surface area (Å²) in [5.41, 5.74) is 6.66.